The predicted molar refractivity (Wildman–Crippen MR) is 113 cm³/mol. The Balaban J connectivity index is 1.53. The molecule has 1 aromatic heterocycles. The third-order valence-electron chi connectivity index (χ3n) is 5.98. The number of aromatic nitrogens is 2. The molecule has 1 fully saturated rings. The zero-order valence-corrected chi connectivity index (χ0v) is 18.2. The number of carbonyl (C=O) groups is 1. The molecule has 31 heavy (non-hydrogen) atoms. The van der Waals surface area contributed by atoms with Crippen molar-refractivity contribution in [2.75, 3.05) is 26.3 Å². The van der Waals surface area contributed by atoms with Gasteiger partial charge in [-0.15, -0.1) is 0 Å². The number of nitrogens with zero attached hydrogens (tertiary/aromatic N) is 3. The summed E-state index contributed by atoms with van der Waals surface area (Å²) in [6.45, 7) is 7.63. The molecule has 0 unspecified atom stereocenters. The predicted octanol–water partition coefficient (Wildman–Crippen LogP) is 2.94. The van der Waals surface area contributed by atoms with Crippen molar-refractivity contribution >= 4 is 5.91 Å². The van der Waals surface area contributed by atoms with Gasteiger partial charge >= 0.3 is 0 Å². The standard InChI is InChI=1S/C23H30F2N4O2/c1-15(2)14-29-21-6-5-18(26-13-16-3-4-17(24)11-20(16)25)12-19(21)22(27-29)23(30)28-7-9-31-10-8-28/h3-4,11,15,18,26H,5-10,12-14H2,1-2H3/t18-/m1/s1. The van der Waals surface area contributed by atoms with Gasteiger partial charge in [0.1, 0.15) is 11.6 Å². The average molecular weight is 433 g/mol. The van der Waals surface area contributed by atoms with Gasteiger partial charge in [0, 0.05) is 55.1 Å². The molecule has 8 heteroatoms. The minimum atomic E-state index is -0.576. The van der Waals surface area contributed by atoms with Crippen molar-refractivity contribution in [1.82, 2.24) is 20.0 Å². The second kappa shape index (κ2) is 9.44. The molecule has 0 spiro atoms. The first-order valence-electron chi connectivity index (χ1n) is 11.0. The molecule has 1 N–H and O–H groups in total. The van der Waals surface area contributed by atoms with Crippen LogP contribution in [0.4, 0.5) is 8.78 Å². The normalized spacial score (nSPS) is 19.0. The topological polar surface area (TPSA) is 59.4 Å². The number of rotatable bonds is 6. The monoisotopic (exact) mass is 432 g/mol. The first-order chi connectivity index (χ1) is 14.9. The number of amides is 1. The number of hydrogen-bond acceptors (Lipinski definition) is 4. The lowest BCUT2D eigenvalue weighted by atomic mass is 9.90. The number of ether oxygens (including phenoxy) is 1. The first kappa shape index (κ1) is 21.9. The molecule has 1 aliphatic carbocycles. The quantitative estimate of drug-likeness (QED) is 0.763. The molecule has 2 heterocycles. The van der Waals surface area contributed by atoms with Gasteiger partial charge in [0.15, 0.2) is 5.69 Å². The van der Waals surface area contributed by atoms with Gasteiger partial charge < -0.3 is 15.0 Å². The zero-order valence-electron chi connectivity index (χ0n) is 18.2. The molecule has 1 atom stereocenters. The van der Waals surface area contributed by atoms with Crippen molar-refractivity contribution in [2.24, 2.45) is 5.92 Å². The Morgan fingerprint density at radius 2 is 2.06 bits per heavy atom. The van der Waals surface area contributed by atoms with Gasteiger partial charge in [-0.2, -0.15) is 5.10 Å². The SMILES string of the molecule is CC(C)Cn1nc(C(=O)N2CCOCC2)c2c1CC[C@@H](NCc1ccc(F)cc1F)C2. The highest BCUT2D eigenvalue weighted by Gasteiger charge is 2.31. The van der Waals surface area contributed by atoms with E-state index in [1.54, 1.807) is 0 Å². The van der Waals surface area contributed by atoms with Gasteiger partial charge in [-0.1, -0.05) is 19.9 Å². The minimum absolute atomic E-state index is 0.0349. The van der Waals surface area contributed by atoms with E-state index in [1.165, 1.54) is 12.1 Å². The number of nitrogens with one attached hydrogen (secondary N) is 1. The largest absolute Gasteiger partial charge is 0.378 e. The van der Waals surface area contributed by atoms with E-state index >= 15 is 0 Å². The summed E-state index contributed by atoms with van der Waals surface area (Å²) in [5, 5.41) is 8.13. The number of fused-ring (bicyclic) bond motifs is 1. The zero-order chi connectivity index (χ0) is 22.0. The molecule has 1 amide bonds. The fraction of sp³-hybridized carbons (Fsp3) is 0.565. The molecular weight excluding hydrogens is 402 g/mol. The van der Waals surface area contributed by atoms with Crippen LogP contribution in [0.15, 0.2) is 18.2 Å². The van der Waals surface area contributed by atoms with Crippen molar-refractivity contribution in [3.63, 3.8) is 0 Å². The Kier molecular flexibility index (Phi) is 6.67. The number of benzene rings is 1. The number of halogens is 2. The fourth-order valence-electron chi connectivity index (χ4n) is 4.37. The molecule has 0 radical (unpaired) electrons. The molecule has 0 saturated carbocycles. The third-order valence-corrected chi connectivity index (χ3v) is 5.98. The molecule has 1 saturated heterocycles. The molecule has 1 aliphatic heterocycles. The molecule has 1 aromatic carbocycles. The Morgan fingerprint density at radius 3 is 2.77 bits per heavy atom. The number of morpholine rings is 1. The van der Waals surface area contributed by atoms with Crippen molar-refractivity contribution in [3.05, 3.63) is 52.3 Å². The maximum absolute atomic E-state index is 14.0. The molecule has 168 valence electrons. The van der Waals surface area contributed by atoms with E-state index in [-0.39, 0.29) is 11.9 Å². The minimum Gasteiger partial charge on any atom is -0.378 e. The highest BCUT2D eigenvalue weighted by molar-refractivity contribution is 5.94. The van der Waals surface area contributed by atoms with Crippen LogP contribution in [-0.4, -0.2) is 52.9 Å². The van der Waals surface area contributed by atoms with Gasteiger partial charge in [-0.3, -0.25) is 9.48 Å². The van der Waals surface area contributed by atoms with Gasteiger partial charge in [0.25, 0.3) is 5.91 Å². The summed E-state index contributed by atoms with van der Waals surface area (Å²) in [7, 11) is 0. The van der Waals surface area contributed by atoms with Crippen molar-refractivity contribution in [2.45, 2.75) is 52.2 Å². The van der Waals surface area contributed by atoms with E-state index in [1.807, 2.05) is 9.58 Å². The Labute approximate surface area is 181 Å². The smallest absolute Gasteiger partial charge is 0.274 e. The summed E-state index contributed by atoms with van der Waals surface area (Å²) < 4.78 is 34.5. The second-order valence-corrected chi connectivity index (χ2v) is 8.81. The number of carbonyl (C=O) groups excluding carboxylic acids is 1. The van der Waals surface area contributed by atoms with Gasteiger partial charge in [0.2, 0.25) is 0 Å². The van der Waals surface area contributed by atoms with Crippen LogP contribution in [0.25, 0.3) is 0 Å². The van der Waals surface area contributed by atoms with Crippen LogP contribution in [-0.2, 0) is 30.7 Å². The summed E-state index contributed by atoms with van der Waals surface area (Å²) >= 11 is 0. The van der Waals surface area contributed by atoms with Crippen LogP contribution in [0.1, 0.15) is 47.6 Å². The summed E-state index contributed by atoms with van der Waals surface area (Å²) in [5.41, 5.74) is 3.11. The lowest BCUT2D eigenvalue weighted by Gasteiger charge is -2.28. The summed E-state index contributed by atoms with van der Waals surface area (Å²) in [6, 6.07) is 3.75. The van der Waals surface area contributed by atoms with E-state index in [0.29, 0.717) is 56.4 Å². The summed E-state index contributed by atoms with van der Waals surface area (Å²) in [4.78, 5) is 15.0. The van der Waals surface area contributed by atoms with Crippen molar-refractivity contribution in [1.29, 1.82) is 0 Å². The lowest BCUT2D eigenvalue weighted by Crippen LogP contribution is -2.41. The highest BCUT2D eigenvalue weighted by Crippen LogP contribution is 2.27. The molecule has 6 nitrogen and oxygen atoms in total. The molecule has 4 rings (SSSR count). The maximum atomic E-state index is 14.0. The van der Waals surface area contributed by atoms with Crippen LogP contribution >= 0.6 is 0 Å². The molecule has 2 aromatic rings. The fourth-order valence-corrected chi connectivity index (χ4v) is 4.37. The van der Waals surface area contributed by atoms with Crippen LogP contribution in [0.3, 0.4) is 0 Å². The van der Waals surface area contributed by atoms with Gasteiger partial charge in [-0.05, 0) is 31.2 Å². The second-order valence-electron chi connectivity index (χ2n) is 8.81. The van der Waals surface area contributed by atoms with E-state index in [0.717, 1.165) is 36.7 Å². The van der Waals surface area contributed by atoms with Crippen molar-refractivity contribution in [3.8, 4) is 0 Å². The Hall–Kier alpha value is -2.32. The van der Waals surface area contributed by atoms with Crippen LogP contribution in [0.2, 0.25) is 0 Å². The molecule has 2 aliphatic rings. The number of hydrogen-bond donors (Lipinski definition) is 1. The van der Waals surface area contributed by atoms with E-state index in [2.05, 4.69) is 19.2 Å². The van der Waals surface area contributed by atoms with Crippen LogP contribution in [0, 0.1) is 17.6 Å². The summed E-state index contributed by atoms with van der Waals surface area (Å²) in [6.07, 6.45) is 2.36. The van der Waals surface area contributed by atoms with Gasteiger partial charge in [-0.25, -0.2) is 8.78 Å². The average Bonchev–Trinajstić information content (AvgIpc) is 3.10. The first-order valence-corrected chi connectivity index (χ1v) is 11.0. The third kappa shape index (κ3) is 4.96. The van der Waals surface area contributed by atoms with E-state index in [9.17, 15) is 13.6 Å². The molecule has 0 bridgehead atoms. The Morgan fingerprint density at radius 1 is 1.29 bits per heavy atom. The summed E-state index contributed by atoms with van der Waals surface area (Å²) in [5.74, 6) is -0.732. The van der Waals surface area contributed by atoms with Gasteiger partial charge in [0.05, 0.1) is 13.2 Å². The van der Waals surface area contributed by atoms with Crippen molar-refractivity contribution < 1.29 is 18.3 Å². The van der Waals surface area contributed by atoms with Crippen LogP contribution < -0.4 is 5.32 Å². The molecular formula is C23H30F2N4O2. The maximum Gasteiger partial charge on any atom is 0.274 e. The highest BCUT2D eigenvalue weighted by atomic mass is 19.1. The Bertz CT molecular complexity index is 938. The van der Waals surface area contributed by atoms with Crippen LogP contribution in [0.5, 0.6) is 0 Å². The van der Waals surface area contributed by atoms with E-state index in [4.69, 9.17) is 9.84 Å². The van der Waals surface area contributed by atoms with E-state index < -0.39 is 11.6 Å². The lowest BCUT2D eigenvalue weighted by molar-refractivity contribution is 0.0297.